The SMILES string of the molecule is COc1ccc(-n2cc(CNCCc3ncc(C)[nH]3)c(-c3cccc(F)c3)n2)cc1. The van der Waals surface area contributed by atoms with Crippen LogP contribution in [0.15, 0.2) is 60.9 Å². The lowest BCUT2D eigenvalue weighted by Crippen LogP contribution is -2.17. The standard InChI is InChI=1S/C23H24FN5O/c1-16-13-26-22(27-16)10-11-25-14-18-15-29(20-6-8-21(30-2)9-7-20)28-23(18)17-4-3-5-19(24)12-17/h3-9,12-13,15,25H,10-11,14H2,1-2H3,(H,26,27). The van der Waals surface area contributed by atoms with Crippen molar-refractivity contribution in [3.63, 3.8) is 0 Å². The third kappa shape index (κ3) is 4.58. The average Bonchev–Trinajstić information content (AvgIpc) is 3.37. The Bertz CT molecular complexity index is 1120. The summed E-state index contributed by atoms with van der Waals surface area (Å²) in [5.41, 5.74) is 4.46. The molecule has 2 aromatic carbocycles. The summed E-state index contributed by atoms with van der Waals surface area (Å²) in [5, 5.41) is 8.18. The van der Waals surface area contributed by atoms with Crippen LogP contribution in [-0.2, 0) is 13.0 Å². The first-order chi connectivity index (χ1) is 14.6. The summed E-state index contributed by atoms with van der Waals surface area (Å²) in [6, 6.07) is 14.2. The van der Waals surface area contributed by atoms with Gasteiger partial charge in [-0.15, -0.1) is 0 Å². The molecule has 0 aliphatic heterocycles. The van der Waals surface area contributed by atoms with Crippen molar-refractivity contribution in [2.75, 3.05) is 13.7 Å². The zero-order valence-corrected chi connectivity index (χ0v) is 17.0. The minimum Gasteiger partial charge on any atom is -0.497 e. The monoisotopic (exact) mass is 405 g/mol. The second-order valence-electron chi connectivity index (χ2n) is 7.10. The maximum absolute atomic E-state index is 13.8. The molecule has 0 radical (unpaired) electrons. The molecule has 0 unspecified atom stereocenters. The molecule has 30 heavy (non-hydrogen) atoms. The van der Waals surface area contributed by atoms with Crippen molar-refractivity contribution in [2.45, 2.75) is 19.9 Å². The molecule has 0 bridgehead atoms. The number of H-pyrrole nitrogens is 1. The molecule has 0 amide bonds. The lowest BCUT2D eigenvalue weighted by molar-refractivity contribution is 0.414. The predicted molar refractivity (Wildman–Crippen MR) is 114 cm³/mol. The van der Waals surface area contributed by atoms with Crippen molar-refractivity contribution < 1.29 is 9.13 Å². The fourth-order valence-corrected chi connectivity index (χ4v) is 3.31. The third-order valence-electron chi connectivity index (χ3n) is 4.83. The van der Waals surface area contributed by atoms with Crippen molar-refractivity contribution >= 4 is 0 Å². The molecule has 0 aliphatic carbocycles. The van der Waals surface area contributed by atoms with Crippen molar-refractivity contribution in [3.8, 4) is 22.7 Å². The molecule has 7 heteroatoms. The number of benzene rings is 2. The zero-order valence-electron chi connectivity index (χ0n) is 17.0. The van der Waals surface area contributed by atoms with E-state index in [2.05, 4.69) is 15.3 Å². The summed E-state index contributed by atoms with van der Waals surface area (Å²) in [7, 11) is 1.64. The second kappa shape index (κ2) is 8.92. The van der Waals surface area contributed by atoms with E-state index in [1.807, 2.05) is 54.3 Å². The molecule has 2 N–H and O–H groups in total. The number of nitrogens with zero attached hydrogens (tertiary/aromatic N) is 3. The van der Waals surface area contributed by atoms with Crippen LogP contribution in [0, 0.1) is 12.7 Å². The Hall–Kier alpha value is -3.45. The Morgan fingerprint density at radius 3 is 2.70 bits per heavy atom. The van der Waals surface area contributed by atoms with Gasteiger partial charge in [0.2, 0.25) is 0 Å². The Labute approximate surface area is 174 Å². The van der Waals surface area contributed by atoms with Gasteiger partial charge in [0.25, 0.3) is 0 Å². The van der Waals surface area contributed by atoms with Crippen LogP contribution in [0.1, 0.15) is 17.1 Å². The van der Waals surface area contributed by atoms with Crippen LogP contribution < -0.4 is 10.1 Å². The van der Waals surface area contributed by atoms with Crippen LogP contribution in [0.25, 0.3) is 16.9 Å². The van der Waals surface area contributed by atoms with Gasteiger partial charge in [-0.3, -0.25) is 0 Å². The molecule has 0 atom stereocenters. The lowest BCUT2D eigenvalue weighted by Gasteiger charge is -2.05. The van der Waals surface area contributed by atoms with Gasteiger partial charge >= 0.3 is 0 Å². The summed E-state index contributed by atoms with van der Waals surface area (Å²) in [5.74, 6) is 1.46. The van der Waals surface area contributed by atoms with Crippen LogP contribution in [0.2, 0.25) is 0 Å². The summed E-state index contributed by atoms with van der Waals surface area (Å²) >= 11 is 0. The van der Waals surface area contributed by atoms with Crippen LogP contribution >= 0.6 is 0 Å². The van der Waals surface area contributed by atoms with Crippen LogP contribution in [0.5, 0.6) is 5.75 Å². The van der Waals surface area contributed by atoms with Gasteiger partial charge in [0.15, 0.2) is 0 Å². The normalized spacial score (nSPS) is 11.0. The van der Waals surface area contributed by atoms with Gasteiger partial charge in [0, 0.05) is 48.7 Å². The molecule has 2 aromatic heterocycles. The number of aromatic nitrogens is 4. The molecule has 0 spiro atoms. The largest absolute Gasteiger partial charge is 0.497 e. The van der Waals surface area contributed by atoms with E-state index in [0.29, 0.717) is 6.54 Å². The van der Waals surface area contributed by atoms with E-state index in [1.165, 1.54) is 12.1 Å². The second-order valence-corrected chi connectivity index (χ2v) is 7.10. The van der Waals surface area contributed by atoms with E-state index in [9.17, 15) is 4.39 Å². The summed E-state index contributed by atoms with van der Waals surface area (Å²) < 4.78 is 20.9. The van der Waals surface area contributed by atoms with Crippen molar-refractivity contribution in [1.82, 2.24) is 25.1 Å². The molecular formula is C23H24FN5O. The van der Waals surface area contributed by atoms with E-state index in [1.54, 1.807) is 13.2 Å². The van der Waals surface area contributed by atoms with E-state index < -0.39 is 0 Å². The number of nitrogens with one attached hydrogen (secondary N) is 2. The molecular weight excluding hydrogens is 381 g/mol. The van der Waals surface area contributed by atoms with Crippen LogP contribution in [-0.4, -0.2) is 33.4 Å². The molecule has 0 saturated heterocycles. The molecule has 0 aliphatic rings. The van der Waals surface area contributed by atoms with Crippen LogP contribution in [0.4, 0.5) is 4.39 Å². The van der Waals surface area contributed by atoms with Gasteiger partial charge < -0.3 is 15.0 Å². The van der Waals surface area contributed by atoms with Gasteiger partial charge in [0.05, 0.1) is 18.5 Å². The van der Waals surface area contributed by atoms with Crippen molar-refractivity contribution in [1.29, 1.82) is 0 Å². The Morgan fingerprint density at radius 2 is 2.00 bits per heavy atom. The molecule has 4 aromatic rings. The molecule has 2 heterocycles. The summed E-state index contributed by atoms with van der Waals surface area (Å²) in [4.78, 5) is 7.56. The van der Waals surface area contributed by atoms with E-state index in [0.717, 1.165) is 52.7 Å². The number of hydrogen-bond donors (Lipinski definition) is 2. The highest BCUT2D eigenvalue weighted by Crippen LogP contribution is 2.25. The maximum atomic E-state index is 13.8. The number of ether oxygens (including phenoxy) is 1. The Kier molecular flexibility index (Phi) is 5.90. The first-order valence-corrected chi connectivity index (χ1v) is 9.82. The topological polar surface area (TPSA) is 67.8 Å². The third-order valence-corrected chi connectivity index (χ3v) is 4.83. The number of halogens is 1. The number of methoxy groups -OCH3 is 1. The lowest BCUT2D eigenvalue weighted by atomic mass is 10.1. The minimum atomic E-state index is -0.279. The number of aromatic amines is 1. The average molecular weight is 405 g/mol. The Morgan fingerprint density at radius 1 is 1.17 bits per heavy atom. The molecule has 0 fully saturated rings. The molecule has 154 valence electrons. The smallest absolute Gasteiger partial charge is 0.123 e. The zero-order chi connectivity index (χ0) is 20.9. The fraction of sp³-hybridized carbons (Fsp3) is 0.217. The highest BCUT2D eigenvalue weighted by atomic mass is 19.1. The summed E-state index contributed by atoms with van der Waals surface area (Å²) in [6.45, 7) is 3.37. The highest BCUT2D eigenvalue weighted by Gasteiger charge is 2.13. The first-order valence-electron chi connectivity index (χ1n) is 9.82. The van der Waals surface area contributed by atoms with E-state index in [4.69, 9.17) is 9.84 Å². The number of imidazole rings is 1. The minimum absolute atomic E-state index is 0.279. The van der Waals surface area contributed by atoms with Gasteiger partial charge in [-0.25, -0.2) is 14.1 Å². The number of hydrogen-bond acceptors (Lipinski definition) is 4. The number of rotatable bonds is 8. The Balaban J connectivity index is 1.55. The molecule has 4 rings (SSSR count). The fourth-order valence-electron chi connectivity index (χ4n) is 3.31. The molecule has 6 nitrogen and oxygen atoms in total. The quantitative estimate of drug-likeness (QED) is 0.434. The summed E-state index contributed by atoms with van der Waals surface area (Å²) in [6.07, 6.45) is 4.61. The van der Waals surface area contributed by atoms with Gasteiger partial charge in [0.1, 0.15) is 17.4 Å². The van der Waals surface area contributed by atoms with Crippen molar-refractivity contribution in [2.24, 2.45) is 0 Å². The van der Waals surface area contributed by atoms with Crippen molar-refractivity contribution in [3.05, 3.63) is 83.8 Å². The van der Waals surface area contributed by atoms with E-state index >= 15 is 0 Å². The highest BCUT2D eigenvalue weighted by molar-refractivity contribution is 5.63. The van der Waals surface area contributed by atoms with Gasteiger partial charge in [-0.2, -0.15) is 5.10 Å². The van der Waals surface area contributed by atoms with Gasteiger partial charge in [-0.05, 0) is 43.3 Å². The van der Waals surface area contributed by atoms with Crippen LogP contribution in [0.3, 0.4) is 0 Å². The predicted octanol–water partition coefficient (Wildman–Crippen LogP) is 4.05. The van der Waals surface area contributed by atoms with Gasteiger partial charge in [-0.1, -0.05) is 12.1 Å². The first kappa shape index (κ1) is 19.8. The number of aryl methyl sites for hydroxylation is 1. The van der Waals surface area contributed by atoms with E-state index in [-0.39, 0.29) is 5.82 Å². The molecule has 0 saturated carbocycles. The maximum Gasteiger partial charge on any atom is 0.123 e.